The van der Waals surface area contributed by atoms with Crippen LogP contribution in [0.15, 0.2) is 109 Å². The Balaban J connectivity index is 1.53. The summed E-state index contributed by atoms with van der Waals surface area (Å²) < 4.78 is 0. The molecule has 4 aromatic carbocycles. The number of hydrogen-bond donors (Lipinski definition) is 3. The van der Waals surface area contributed by atoms with Crippen LogP contribution in [0.5, 0.6) is 0 Å². The van der Waals surface area contributed by atoms with E-state index in [-0.39, 0.29) is 24.0 Å². The van der Waals surface area contributed by atoms with Gasteiger partial charge in [-0.05, 0) is 34.9 Å². The quantitative estimate of drug-likeness (QED) is 0.292. The number of nitrogens with two attached hydrogens (primary N) is 1. The molecule has 4 rings (SSSR count). The lowest BCUT2D eigenvalue weighted by Crippen LogP contribution is -2.47. The van der Waals surface area contributed by atoms with Crippen molar-refractivity contribution in [3.63, 3.8) is 0 Å². The third kappa shape index (κ3) is 6.99. The molecule has 6 nitrogen and oxygen atoms in total. The summed E-state index contributed by atoms with van der Waals surface area (Å²) >= 11 is 0. The summed E-state index contributed by atoms with van der Waals surface area (Å²) in [4.78, 5) is 39.2. The van der Waals surface area contributed by atoms with Crippen molar-refractivity contribution < 1.29 is 14.4 Å². The second kappa shape index (κ2) is 12.4. The summed E-state index contributed by atoms with van der Waals surface area (Å²) in [6, 6.07) is 31.9. The molecule has 4 N–H and O–H groups in total. The van der Waals surface area contributed by atoms with Gasteiger partial charge in [-0.15, -0.1) is 0 Å². The van der Waals surface area contributed by atoms with Gasteiger partial charge in [0.05, 0.1) is 0 Å². The molecule has 4 aromatic rings. The lowest BCUT2D eigenvalue weighted by molar-refractivity contribution is -0.123. The number of benzene rings is 4. The smallest absolute Gasteiger partial charge is 0.251 e. The molecule has 1 atom stereocenters. The monoisotopic (exact) mass is 491 g/mol. The molecule has 0 aliphatic rings. The number of rotatable bonds is 10. The van der Waals surface area contributed by atoms with Crippen LogP contribution in [0.4, 0.5) is 0 Å². The highest BCUT2D eigenvalue weighted by Gasteiger charge is 2.22. The molecule has 2 amide bonds. The standard InChI is InChI=1S/C31H29N3O3/c32-20-22-14-16-26(17-15-22)30(36)34-28(31(37)33-21-23-8-3-1-4-9-23)19-24-10-7-13-27(18-24)29(35)25-11-5-2-6-12-25/h1-18,28H,19-21,32H2,(H,33,37)(H,34,36)/t28-/m0/s1. The van der Waals surface area contributed by atoms with E-state index in [2.05, 4.69) is 10.6 Å². The maximum absolute atomic E-state index is 13.2. The lowest BCUT2D eigenvalue weighted by atomic mass is 9.98. The topological polar surface area (TPSA) is 101 Å². The molecule has 0 saturated carbocycles. The van der Waals surface area contributed by atoms with Gasteiger partial charge < -0.3 is 16.4 Å². The van der Waals surface area contributed by atoms with Gasteiger partial charge in [-0.1, -0.05) is 91.0 Å². The molecular weight excluding hydrogens is 462 g/mol. The maximum atomic E-state index is 13.2. The zero-order chi connectivity index (χ0) is 26.0. The molecular formula is C31H29N3O3. The van der Waals surface area contributed by atoms with Gasteiger partial charge in [-0.2, -0.15) is 0 Å². The molecule has 186 valence electrons. The Kier molecular flexibility index (Phi) is 8.57. The Bertz CT molecular complexity index is 1350. The average Bonchev–Trinajstić information content (AvgIpc) is 2.96. The van der Waals surface area contributed by atoms with E-state index in [0.29, 0.717) is 29.8 Å². The fourth-order valence-electron chi connectivity index (χ4n) is 3.98. The van der Waals surface area contributed by atoms with E-state index >= 15 is 0 Å². The number of amides is 2. The van der Waals surface area contributed by atoms with Crippen molar-refractivity contribution in [1.29, 1.82) is 0 Å². The van der Waals surface area contributed by atoms with Crippen LogP contribution in [-0.2, 0) is 24.3 Å². The van der Waals surface area contributed by atoms with E-state index in [0.717, 1.165) is 16.7 Å². The first-order valence-corrected chi connectivity index (χ1v) is 12.1. The number of hydrogen-bond acceptors (Lipinski definition) is 4. The Labute approximate surface area is 216 Å². The van der Waals surface area contributed by atoms with Crippen molar-refractivity contribution in [3.8, 4) is 0 Å². The number of nitrogens with one attached hydrogen (secondary N) is 2. The molecule has 0 aromatic heterocycles. The van der Waals surface area contributed by atoms with E-state index in [1.165, 1.54) is 0 Å². The molecule has 0 saturated heterocycles. The highest BCUT2D eigenvalue weighted by molar-refractivity contribution is 6.09. The first-order chi connectivity index (χ1) is 18.0. The Hall–Kier alpha value is -4.55. The van der Waals surface area contributed by atoms with Crippen LogP contribution in [-0.4, -0.2) is 23.6 Å². The van der Waals surface area contributed by atoms with Crippen molar-refractivity contribution in [2.24, 2.45) is 5.73 Å². The number of carbonyl (C=O) groups is 3. The summed E-state index contributed by atoms with van der Waals surface area (Å²) in [7, 11) is 0. The molecule has 0 bridgehead atoms. The molecule has 0 aliphatic heterocycles. The lowest BCUT2D eigenvalue weighted by Gasteiger charge is -2.19. The predicted octanol–water partition coefficient (Wildman–Crippen LogP) is 4.03. The minimum absolute atomic E-state index is 0.100. The van der Waals surface area contributed by atoms with Crippen molar-refractivity contribution in [1.82, 2.24) is 10.6 Å². The molecule has 0 radical (unpaired) electrons. The third-order valence-corrected chi connectivity index (χ3v) is 6.05. The van der Waals surface area contributed by atoms with E-state index in [9.17, 15) is 14.4 Å². The van der Waals surface area contributed by atoms with Gasteiger partial charge in [-0.25, -0.2) is 0 Å². The predicted molar refractivity (Wildman–Crippen MR) is 144 cm³/mol. The van der Waals surface area contributed by atoms with Crippen LogP contribution in [0, 0.1) is 0 Å². The van der Waals surface area contributed by atoms with Crippen LogP contribution in [0.2, 0.25) is 0 Å². The second-order valence-electron chi connectivity index (χ2n) is 8.73. The van der Waals surface area contributed by atoms with Crippen molar-refractivity contribution >= 4 is 17.6 Å². The van der Waals surface area contributed by atoms with Crippen LogP contribution < -0.4 is 16.4 Å². The molecule has 37 heavy (non-hydrogen) atoms. The van der Waals surface area contributed by atoms with E-state index in [1.807, 2.05) is 54.6 Å². The molecule has 0 unspecified atom stereocenters. The Morgan fingerprint density at radius 1 is 0.649 bits per heavy atom. The summed E-state index contributed by atoms with van der Waals surface area (Å²) in [6.45, 7) is 0.716. The fraction of sp³-hybridized carbons (Fsp3) is 0.129. The number of carbonyl (C=O) groups excluding carboxylic acids is 3. The minimum Gasteiger partial charge on any atom is -0.350 e. The van der Waals surface area contributed by atoms with Crippen molar-refractivity contribution in [2.75, 3.05) is 0 Å². The normalized spacial score (nSPS) is 11.4. The summed E-state index contributed by atoms with van der Waals surface area (Å²) in [5.74, 6) is -0.771. The van der Waals surface area contributed by atoms with Gasteiger partial charge in [0.2, 0.25) is 5.91 Å². The Morgan fingerprint density at radius 3 is 1.95 bits per heavy atom. The van der Waals surface area contributed by atoms with Crippen molar-refractivity contribution in [2.45, 2.75) is 25.6 Å². The van der Waals surface area contributed by atoms with Crippen LogP contribution in [0.3, 0.4) is 0 Å². The molecule has 0 heterocycles. The average molecular weight is 492 g/mol. The minimum atomic E-state index is -0.840. The van der Waals surface area contributed by atoms with Gasteiger partial charge in [-0.3, -0.25) is 14.4 Å². The summed E-state index contributed by atoms with van der Waals surface area (Å²) in [5, 5.41) is 5.79. The molecule has 0 spiro atoms. The summed E-state index contributed by atoms with van der Waals surface area (Å²) in [6.07, 6.45) is 0.225. The zero-order valence-electron chi connectivity index (χ0n) is 20.4. The van der Waals surface area contributed by atoms with Crippen molar-refractivity contribution in [3.05, 3.63) is 143 Å². The summed E-state index contributed by atoms with van der Waals surface area (Å²) in [5.41, 5.74) is 9.83. The largest absolute Gasteiger partial charge is 0.350 e. The highest BCUT2D eigenvalue weighted by Crippen LogP contribution is 2.14. The van der Waals surface area contributed by atoms with Gasteiger partial charge >= 0.3 is 0 Å². The molecule has 6 heteroatoms. The maximum Gasteiger partial charge on any atom is 0.251 e. The van der Waals surface area contributed by atoms with Crippen LogP contribution in [0.1, 0.15) is 43.0 Å². The fourth-order valence-corrected chi connectivity index (χ4v) is 3.98. The number of ketones is 1. The first-order valence-electron chi connectivity index (χ1n) is 12.1. The van der Waals surface area contributed by atoms with Crippen LogP contribution >= 0.6 is 0 Å². The van der Waals surface area contributed by atoms with Crippen LogP contribution in [0.25, 0.3) is 0 Å². The highest BCUT2D eigenvalue weighted by atomic mass is 16.2. The SMILES string of the molecule is NCc1ccc(C(=O)N[C@@H](Cc2cccc(C(=O)c3ccccc3)c2)C(=O)NCc2ccccc2)cc1. The van der Waals surface area contributed by atoms with Gasteiger partial charge in [0.1, 0.15) is 6.04 Å². The molecule has 0 aliphatic carbocycles. The van der Waals surface area contributed by atoms with Gasteiger partial charge in [0.15, 0.2) is 5.78 Å². The van der Waals surface area contributed by atoms with E-state index in [1.54, 1.807) is 54.6 Å². The first kappa shape index (κ1) is 25.5. The molecule has 0 fully saturated rings. The second-order valence-corrected chi connectivity index (χ2v) is 8.73. The third-order valence-electron chi connectivity index (χ3n) is 6.05. The zero-order valence-corrected chi connectivity index (χ0v) is 20.4. The van der Waals surface area contributed by atoms with E-state index in [4.69, 9.17) is 5.73 Å². The van der Waals surface area contributed by atoms with E-state index < -0.39 is 6.04 Å². The Morgan fingerprint density at radius 2 is 1.27 bits per heavy atom. The van der Waals surface area contributed by atoms with Gasteiger partial charge in [0.25, 0.3) is 5.91 Å². The van der Waals surface area contributed by atoms with Gasteiger partial charge in [0, 0.05) is 36.2 Å².